The van der Waals surface area contributed by atoms with E-state index in [1.807, 2.05) is 0 Å². The Hall–Kier alpha value is -3.80. The first kappa shape index (κ1) is 19.5. The Labute approximate surface area is 173 Å². The Morgan fingerprint density at radius 2 is 1.60 bits per heavy atom. The number of halogens is 1. The zero-order valence-electron chi connectivity index (χ0n) is 16.1. The van der Waals surface area contributed by atoms with E-state index < -0.39 is 11.7 Å². The SMILES string of the molecule is O=C(Nc1ccc(C(=O)N2CCCC(=O)c3ccccc32)cc1)c1ccccc1F. The van der Waals surface area contributed by atoms with Gasteiger partial charge in [-0.25, -0.2) is 4.39 Å². The lowest BCUT2D eigenvalue weighted by Crippen LogP contribution is -2.31. The second kappa shape index (κ2) is 8.29. The number of nitrogens with zero attached hydrogens (tertiary/aromatic N) is 1. The average Bonchev–Trinajstić information content (AvgIpc) is 2.93. The molecular formula is C24H19FN2O3. The van der Waals surface area contributed by atoms with Crippen LogP contribution in [0.25, 0.3) is 0 Å². The normalized spacial score (nSPS) is 13.4. The van der Waals surface area contributed by atoms with Gasteiger partial charge in [0.1, 0.15) is 5.82 Å². The van der Waals surface area contributed by atoms with E-state index in [1.165, 1.54) is 18.2 Å². The number of amides is 2. The van der Waals surface area contributed by atoms with Gasteiger partial charge in [0.2, 0.25) is 0 Å². The van der Waals surface area contributed by atoms with Crippen LogP contribution in [-0.2, 0) is 0 Å². The zero-order valence-corrected chi connectivity index (χ0v) is 16.1. The van der Waals surface area contributed by atoms with Crippen molar-refractivity contribution in [2.75, 3.05) is 16.8 Å². The summed E-state index contributed by atoms with van der Waals surface area (Å²) in [6.45, 7) is 0.452. The van der Waals surface area contributed by atoms with Crippen molar-refractivity contribution in [3.8, 4) is 0 Å². The van der Waals surface area contributed by atoms with E-state index in [9.17, 15) is 18.8 Å². The van der Waals surface area contributed by atoms with E-state index in [-0.39, 0.29) is 17.3 Å². The third-order valence-corrected chi connectivity index (χ3v) is 5.03. The van der Waals surface area contributed by atoms with Gasteiger partial charge in [0.15, 0.2) is 5.78 Å². The number of fused-ring (bicyclic) bond motifs is 1. The second-order valence-electron chi connectivity index (χ2n) is 7.01. The summed E-state index contributed by atoms with van der Waals surface area (Å²) in [4.78, 5) is 39.3. The highest BCUT2D eigenvalue weighted by Crippen LogP contribution is 2.28. The van der Waals surface area contributed by atoms with Crippen LogP contribution in [0, 0.1) is 5.82 Å². The first-order valence-electron chi connectivity index (χ1n) is 9.64. The number of hydrogen-bond acceptors (Lipinski definition) is 3. The maximum atomic E-state index is 13.8. The zero-order chi connectivity index (χ0) is 21.1. The van der Waals surface area contributed by atoms with Crippen LogP contribution in [0.2, 0.25) is 0 Å². The van der Waals surface area contributed by atoms with Gasteiger partial charge < -0.3 is 10.2 Å². The minimum atomic E-state index is -0.601. The molecule has 3 aromatic carbocycles. The van der Waals surface area contributed by atoms with Crippen LogP contribution < -0.4 is 10.2 Å². The van der Waals surface area contributed by atoms with Crippen molar-refractivity contribution in [1.82, 2.24) is 0 Å². The molecule has 0 spiro atoms. The fourth-order valence-corrected chi connectivity index (χ4v) is 3.50. The Morgan fingerprint density at radius 1 is 0.900 bits per heavy atom. The predicted octanol–water partition coefficient (Wildman–Crippen LogP) is 4.70. The number of Topliss-reactive ketones (excluding diaryl/α,β-unsaturated/α-hetero) is 1. The highest BCUT2D eigenvalue weighted by atomic mass is 19.1. The number of hydrogen-bond donors (Lipinski definition) is 1. The van der Waals surface area contributed by atoms with Crippen LogP contribution in [0.3, 0.4) is 0 Å². The van der Waals surface area contributed by atoms with Gasteiger partial charge in [0.25, 0.3) is 11.8 Å². The van der Waals surface area contributed by atoms with Gasteiger partial charge in [0, 0.05) is 29.8 Å². The van der Waals surface area contributed by atoms with E-state index in [2.05, 4.69) is 5.32 Å². The monoisotopic (exact) mass is 402 g/mol. The van der Waals surface area contributed by atoms with Gasteiger partial charge in [0.05, 0.1) is 11.3 Å². The van der Waals surface area contributed by atoms with E-state index in [0.717, 1.165) is 0 Å². The molecular weight excluding hydrogens is 383 g/mol. The fraction of sp³-hybridized carbons (Fsp3) is 0.125. The molecule has 1 N–H and O–H groups in total. The molecule has 0 unspecified atom stereocenters. The Balaban J connectivity index is 1.54. The lowest BCUT2D eigenvalue weighted by Gasteiger charge is -2.22. The predicted molar refractivity (Wildman–Crippen MR) is 112 cm³/mol. The molecule has 0 aliphatic carbocycles. The second-order valence-corrected chi connectivity index (χ2v) is 7.01. The summed E-state index contributed by atoms with van der Waals surface area (Å²) in [5.41, 5.74) is 2.00. The standard InChI is InChI=1S/C24H19FN2O3/c25-20-8-3-1-6-18(20)23(29)26-17-13-11-16(12-14-17)24(30)27-15-5-10-22(28)19-7-2-4-9-21(19)27/h1-4,6-9,11-14H,5,10,15H2,(H,26,29). The number of anilines is 2. The van der Waals surface area contributed by atoms with Crippen molar-refractivity contribution < 1.29 is 18.8 Å². The van der Waals surface area contributed by atoms with Crippen molar-refractivity contribution in [2.45, 2.75) is 12.8 Å². The van der Waals surface area contributed by atoms with E-state index >= 15 is 0 Å². The minimum Gasteiger partial charge on any atom is -0.322 e. The Kier molecular flexibility index (Phi) is 5.39. The molecule has 2 amide bonds. The number of benzene rings is 3. The molecule has 0 atom stereocenters. The molecule has 0 saturated carbocycles. The molecule has 6 heteroatoms. The molecule has 4 rings (SSSR count). The number of ketones is 1. The Morgan fingerprint density at radius 3 is 2.37 bits per heavy atom. The summed E-state index contributed by atoms with van der Waals surface area (Å²) in [6.07, 6.45) is 0.998. The van der Waals surface area contributed by atoms with Gasteiger partial charge in [-0.05, 0) is 55.0 Å². The number of carbonyl (C=O) groups excluding carboxylic acids is 3. The lowest BCUT2D eigenvalue weighted by molar-refractivity contribution is 0.0973. The number of para-hydroxylation sites is 1. The van der Waals surface area contributed by atoms with Gasteiger partial charge in [-0.3, -0.25) is 14.4 Å². The molecule has 0 bridgehead atoms. The van der Waals surface area contributed by atoms with E-state index in [1.54, 1.807) is 59.5 Å². The fourth-order valence-electron chi connectivity index (χ4n) is 3.50. The quantitative estimate of drug-likeness (QED) is 0.691. The highest BCUT2D eigenvalue weighted by molar-refractivity contribution is 6.12. The molecule has 0 fully saturated rings. The molecule has 0 saturated heterocycles. The maximum absolute atomic E-state index is 13.8. The van der Waals surface area contributed by atoms with Crippen LogP contribution in [0.4, 0.5) is 15.8 Å². The van der Waals surface area contributed by atoms with Gasteiger partial charge in [-0.15, -0.1) is 0 Å². The number of nitrogens with one attached hydrogen (secondary N) is 1. The smallest absolute Gasteiger partial charge is 0.258 e. The van der Waals surface area contributed by atoms with Crippen LogP contribution >= 0.6 is 0 Å². The summed E-state index contributed by atoms with van der Waals surface area (Å²) in [5, 5.41) is 2.63. The van der Waals surface area contributed by atoms with Crippen molar-refractivity contribution in [3.05, 3.63) is 95.3 Å². The third kappa shape index (κ3) is 3.85. The largest absolute Gasteiger partial charge is 0.322 e. The summed E-state index contributed by atoms with van der Waals surface area (Å²) in [6, 6.07) is 19.2. The molecule has 30 heavy (non-hydrogen) atoms. The first-order valence-corrected chi connectivity index (χ1v) is 9.64. The van der Waals surface area contributed by atoms with Crippen molar-refractivity contribution in [1.29, 1.82) is 0 Å². The maximum Gasteiger partial charge on any atom is 0.258 e. The summed E-state index contributed by atoms with van der Waals surface area (Å²) < 4.78 is 13.8. The molecule has 1 aliphatic rings. The topological polar surface area (TPSA) is 66.5 Å². The molecule has 150 valence electrons. The van der Waals surface area contributed by atoms with Crippen molar-refractivity contribution in [3.63, 3.8) is 0 Å². The summed E-state index contributed by atoms with van der Waals surface area (Å²) >= 11 is 0. The van der Waals surface area contributed by atoms with Crippen LogP contribution in [0.1, 0.15) is 43.9 Å². The van der Waals surface area contributed by atoms with Crippen molar-refractivity contribution >= 4 is 29.0 Å². The minimum absolute atomic E-state index is 0.0344. The van der Waals surface area contributed by atoms with Crippen LogP contribution in [0.5, 0.6) is 0 Å². The number of rotatable bonds is 3. The molecule has 1 heterocycles. The number of carbonyl (C=O) groups is 3. The first-order chi connectivity index (χ1) is 14.5. The summed E-state index contributed by atoms with van der Waals surface area (Å²) in [7, 11) is 0. The lowest BCUT2D eigenvalue weighted by atomic mass is 10.1. The molecule has 1 aliphatic heterocycles. The van der Waals surface area contributed by atoms with Crippen molar-refractivity contribution in [2.24, 2.45) is 0 Å². The van der Waals surface area contributed by atoms with Crippen LogP contribution in [-0.4, -0.2) is 24.1 Å². The average molecular weight is 402 g/mol. The summed E-state index contributed by atoms with van der Waals surface area (Å²) in [5.74, 6) is -1.35. The Bertz CT molecular complexity index is 1130. The van der Waals surface area contributed by atoms with Gasteiger partial charge >= 0.3 is 0 Å². The van der Waals surface area contributed by atoms with Gasteiger partial charge in [-0.1, -0.05) is 24.3 Å². The third-order valence-electron chi connectivity index (χ3n) is 5.03. The van der Waals surface area contributed by atoms with E-state index in [0.29, 0.717) is 41.9 Å². The molecule has 0 radical (unpaired) electrons. The van der Waals surface area contributed by atoms with E-state index in [4.69, 9.17) is 0 Å². The molecule has 5 nitrogen and oxygen atoms in total. The highest BCUT2D eigenvalue weighted by Gasteiger charge is 2.25. The van der Waals surface area contributed by atoms with Crippen LogP contribution in [0.15, 0.2) is 72.8 Å². The van der Waals surface area contributed by atoms with Gasteiger partial charge in [-0.2, -0.15) is 0 Å². The molecule has 3 aromatic rings. The molecule has 0 aromatic heterocycles.